The predicted molar refractivity (Wildman–Crippen MR) is 68.3 cm³/mol. The molecule has 0 saturated heterocycles. The smallest absolute Gasteiger partial charge is 0.255 e. The third kappa shape index (κ3) is 3.33. The Morgan fingerprint density at radius 3 is 2.35 bits per heavy atom. The maximum Gasteiger partial charge on any atom is 0.255 e. The molecule has 17 heavy (non-hydrogen) atoms. The molecule has 4 nitrogen and oxygen atoms in total. The highest BCUT2D eigenvalue weighted by molar-refractivity contribution is 5.96. The lowest BCUT2D eigenvalue weighted by Gasteiger charge is -2.11. The van der Waals surface area contributed by atoms with Crippen LogP contribution in [0.5, 0.6) is 0 Å². The molecule has 96 valence electrons. The van der Waals surface area contributed by atoms with Crippen molar-refractivity contribution in [3.63, 3.8) is 0 Å². The Hall–Kier alpha value is -1.29. The highest BCUT2D eigenvalue weighted by Crippen LogP contribution is 2.20. The van der Waals surface area contributed by atoms with Crippen LogP contribution in [0.3, 0.4) is 0 Å². The van der Waals surface area contributed by atoms with Crippen LogP contribution in [0.25, 0.3) is 0 Å². The van der Waals surface area contributed by atoms with Gasteiger partial charge in [-0.3, -0.25) is 4.79 Å². The lowest BCUT2D eigenvalue weighted by molar-refractivity contribution is 0.0946. The maximum absolute atomic E-state index is 12.0. The van der Waals surface area contributed by atoms with Crippen molar-refractivity contribution in [2.45, 2.75) is 27.7 Å². The van der Waals surface area contributed by atoms with Crippen molar-refractivity contribution in [2.24, 2.45) is 5.92 Å². The van der Waals surface area contributed by atoms with Crippen molar-refractivity contribution in [2.75, 3.05) is 20.1 Å². The van der Waals surface area contributed by atoms with Crippen LogP contribution in [0.15, 0.2) is 4.42 Å². The van der Waals surface area contributed by atoms with Gasteiger partial charge in [-0.15, -0.1) is 0 Å². The van der Waals surface area contributed by atoms with Gasteiger partial charge in [0, 0.05) is 12.1 Å². The van der Waals surface area contributed by atoms with Gasteiger partial charge in [-0.05, 0) is 40.3 Å². The Balaban J connectivity index is 2.64. The van der Waals surface area contributed by atoms with Gasteiger partial charge in [0.05, 0.1) is 5.56 Å². The normalized spacial score (nSPS) is 12.5. The molecule has 0 saturated carbocycles. The van der Waals surface area contributed by atoms with E-state index in [0.717, 1.165) is 17.9 Å². The molecular formula is C13H22N2O2. The number of furan rings is 1. The van der Waals surface area contributed by atoms with Crippen LogP contribution in [0, 0.1) is 26.7 Å². The Morgan fingerprint density at radius 2 is 1.88 bits per heavy atom. The van der Waals surface area contributed by atoms with Gasteiger partial charge in [0.25, 0.3) is 5.91 Å². The van der Waals surface area contributed by atoms with E-state index in [4.69, 9.17) is 4.42 Å². The molecule has 4 heteroatoms. The fourth-order valence-electron chi connectivity index (χ4n) is 1.90. The summed E-state index contributed by atoms with van der Waals surface area (Å²) in [5.74, 6) is 1.88. The summed E-state index contributed by atoms with van der Waals surface area (Å²) in [5, 5.41) is 6.03. The third-order valence-electron chi connectivity index (χ3n) is 2.95. The van der Waals surface area contributed by atoms with Crippen molar-refractivity contribution < 1.29 is 9.21 Å². The van der Waals surface area contributed by atoms with Crippen LogP contribution >= 0.6 is 0 Å². The lowest BCUT2D eigenvalue weighted by atomic mass is 10.1. The molecule has 0 bridgehead atoms. The molecule has 1 heterocycles. The first-order valence-corrected chi connectivity index (χ1v) is 5.96. The number of aryl methyl sites for hydroxylation is 2. The van der Waals surface area contributed by atoms with Crippen LogP contribution in [0.2, 0.25) is 0 Å². The fraction of sp³-hybridized carbons (Fsp3) is 0.615. The summed E-state index contributed by atoms with van der Waals surface area (Å²) < 4.78 is 5.45. The monoisotopic (exact) mass is 238 g/mol. The van der Waals surface area contributed by atoms with E-state index in [2.05, 4.69) is 17.6 Å². The van der Waals surface area contributed by atoms with Gasteiger partial charge in [0.2, 0.25) is 0 Å². The van der Waals surface area contributed by atoms with Gasteiger partial charge in [-0.25, -0.2) is 0 Å². The minimum absolute atomic E-state index is 0.0418. The Bertz CT molecular complexity index is 396. The van der Waals surface area contributed by atoms with Crippen molar-refractivity contribution in [1.29, 1.82) is 0 Å². The molecule has 0 aliphatic heterocycles. The average Bonchev–Trinajstić information content (AvgIpc) is 2.50. The highest BCUT2D eigenvalue weighted by atomic mass is 16.3. The predicted octanol–water partition coefficient (Wildman–Crippen LogP) is 1.79. The maximum atomic E-state index is 12.0. The average molecular weight is 238 g/mol. The first-order valence-electron chi connectivity index (χ1n) is 5.96. The first kappa shape index (κ1) is 13.8. The van der Waals surface area contributed by atoms with E-state index in [9.17, 15) is 4.79 Å². The van der Waals surface area contributed by atoms with Gasteiger partial charge in [0.1, 0.15) is 11.5 Å². The Morgan fingerprint density at radius 1 is 1.24 bits per heavy atom. The van der Waals surface area contributed by atoms with Crippen molar-refractivity contribution in [3.8, 4) is 0 Å². The first-order chi connectivity index (χ1) is 7.97. The lowest BCUT2D eigenvalue weighted by Crippen LogP contribution is -2.32. The zero-order chi connectivity index (χ0) is 13.0. The molecule has 1 amide bonds. The van der Waals surface area contributed by atoms with Gasteiger partial charge in [-0.1, -0.05) is 6.92 Å². The van der Waals surface area contributed by atoms with Crippen molar-refractivity contribution in [1.82, 2.24) is 10.6 Å². The number of amides is 1. The van der Waals surface area contributed by atoms with Crippen molar-refractivity contribution in [3.05, 3.63) is 22.6 Å². The molecule has 1 aromatic heterocycles. The molecular weight excluding hydrogens is 216 g/mol. The van der Waals surface area contributed by atoms with Crippen LogP contribution in [-0.2, 0) is 0 Å². The van der Waals surface area contributed by atoms with Crippen LogP contribution < -0.4 is 10.6 Å². The van der Waals surface area contributed by atoms with E-state index in [1.165, 1.54) is 0 Å². The minimum atomic E-state index is -0.0418. The topological polar surface area (TPSA) is 54.3 Å². The van der Waals surface area contributed by atoms with Crippen LogP contribution in [0.1, 0.15) is 34.4 Å². The van der Waals surface area contributed by atoms with E-state index in [1.807, 2.05) is 27.8 Å². The molecule has 1 rings (SSSR count). The number of hydrogen-bond acceptors (Lipinski definition) is 3. The molecule has 1 unspecified atom stereocenters. The standard InChI is InChI=1S/C13H22N2O2/c1-8(6-14-5)7-15-13(16)12-9(2)10(3)17-11(12)4/h8,14H,6-7H2,1-5H3,(H,15,16). The molecule has 0 aliphatic rings. The van der Waals surface area contributed by atoms with Gasteiger partial charge < -0.3 is 15.1 Å². The Kier molecular flexibility index (Phi) is 4.75. The summed E-state index contributed by atoms with van der Waals surface area (Å²) in [7, 11) is 1.91. The second-order valence-corrected chi connectivity index (χ2v) is 4.59. The quantitative estimate of drug-likeness (QED) is 0.822. The number of carbonyl (C=O) groups is 1. The van der Waals surface area contributed by atoms with Crippen molar-refractivity contribution >= 4 is 5.91 Å². The van der Waals surface area contributed by atoms with Crippen LogP contribution in [-0.4, -0.2) is 26.0 Å². The second-order valence-electron chi connectivity index (χ2n) is 4.59. The summed E-state index contributed by atoms with van der Waals surface area (Å²) >= 11 is 0. The van der Waals surface area contributed by atoms with Gasteiger partial charge in [0.15, 0.2) is 0 Å². The zero-order valence-corrected chi connectivity index (χ0v) is 11.3. The molecule has 2 N–H and O–H groups in total. The van der Waals surface area contributed by atoms with E-state index in [-0.39, 0.29) is 5.91 Å². The molecule has 0 aliphatic carbocycles. The highest BCUT2D eigenvalue weighted by Gasteiger charge is 2.18. The largest absolute Gasteiger partial charge is 0.466 e. The van der Waals surface area contributed by atoms with Gasteiger partial charge >= 0.3 is 0 Å². The second kappa shape index (κ2) is 5.87. The van der Waals surface area contributed by atoms with E-state index < -0.39 is 0 Å². The summed E-state index contributed by atoms with van der Waals surface area (Å²) in [6.45, 7) is 9.27. The molecule has 0 fully saturated rings. The number of carbonyl (C=O) groups excluding carboxylic acids is 1. The molecule has 0 spiro atoms. The van der Waals surface area contributed by atoms with E-state index in [1.54, 1.807) is 0 Å². The molecule has 0 radical (unpaired) electrons. The number of rotatable bonds is 5. The zero-order valence-electron chi connectivity index (χ0n) is 11.3. The van der Waals surface area contributed by atoms with E-state index in [0.29, 0.717) is 23.8 Å². The summed E-state index contributed by atoms with van der Waals surface area (Å²) in [6.07, 6.45) is 0. The summed E-state index contributed by atoms with van der Waals surface area (Å²) in [4.78, 5) is 12.0. The van der Waals surface area contributed by atoms with Crippen LogP contribution in [0.4, 0.5) is 0 Å². The summed E-state index contributed by atoms with van der Waals surface area (Å²) in [5.41, 5.74) is 1.61. The third-order valence-corrected chi connectivity index (χ3v) is 2.95. The Labute approximate surface area is 103 Å². The van der Waals surface area contributed by atoms with Gasteiger partial charge in [-0.2, -0.15) is 0 Å². The molecule has 1 aromatic rings. The molecule has 1 atom stereocenters. The minimum Gasteiger partial charge on any atom is -0.466 e. The fourth-order valence-corrected chi connectivity index (χ4v) is 1.90. The SMILES string of the molecule is CNCC(C)CNC(=O)c1c(C)oc(C)c1C. The number of nitrogens with one attached hydrogen (secondary N) is 2. The number of hydrogen-bond donors (Lipinski definition) is 2. The summed E-state index contributed by atoms with van der Waals surface area (Å²) in [6, 6.07) is 0. The molecule has 0 aromatic carbocycles. The van der Waals surface area contributed by atoms with E-state index >= 15 is 0 Å².